The summed E-state index contributed by atoms with van der Waals surface area (Å²) in [5.41, 5.74) is 2.66. The average molecular weight is 539 g/mol. The molecule has 3 aromatic carbocycles. The minimum Gasteiger partial charge on any atom is -0.494 e. The summed E-state index contributed by atoms with van der Waals surface area (Å²) in [4.78, 5) is 34.4. The van der Waals surface area contributed by atoms with E-state index in [9.17, 15) is 9.59 Å². The summed E-state index contributed by atoms with van der Waals surface area (Å²) in [6, 6.07) is 19.6. The van der Waals surface area contributed by atoms with Gasteiger partial charge in [0.05, 0.1) is 28.1 Å². The Morgan fingerprint density at radius 3 is 2.61 bits per heavy atom. The van der Waals surface area contributed by atoms with Gasteiger partial charge in [-0.2, -0.15) is 0 Å². The van der Waals surface area contributed by atoms with Gasteiger partial charge in [0.15, 0.2) is 5.16 Å². The molecule has 0 spiro atoms. The van der Waals surface area contributed by atoms with Crippen molar-refractivity contribution in [2.45, 2.75) is 12.1 Å². The number of carbonyl (C=O) groups excluding carboxylic acids is 1. The van der Waals surface area contributed by atoms with Gasteiger partial charge in [-0.3, -0.25) is 14.2 Å². The zero-order valence-electron chi connectivity index (χ0n) is 19.0. The minimum absolute atomic E-state index is 0.0254. The van der Waals surface area contributed by atoms with Crippen molar-refractivity contribution in [1.29, 1.82) is 0 Å². The highest BCUT2D eigenvalue weighted by Crippen LogP contribution is 2.28. The quantitative estimate of drug-likeness (QED) is 0.187. The summed E-state index contributed by atoms with van der Waals surface area (Å²) in [7, 11) is 0. The van der Waals surface area contributed by atoms with Gasteiger partial charge >= 0.3 is 0 Å². The van der Waals surface area contributed by atoms with Crippen LogP contribution in [-0.4, -0.2) is 32.8 Å². The Balaban J connectivity index is 1.53. The molecular weight excluding hydrogens is 519 g/mol. The van der Waals surface area contributed by atoms with Crippen molar-refractivity contribution >= 4 is 68.5 Å². The fraction of sp³-hybridized carbons (Fsp3) is 0.115. The molecule has 182 valence electrons. The molecule has 0 saturated carbocycles. The molecule has 2 heterocycles. The number of benzene rings is 3. The summed E-state index contributed by atoms with van der Waals surface area (Å²) in [6.07, 6.45) is 0. The van der Waals surface area contributed by atoms with Gasteiger partial charge in [0.1, 0.15) is 16.8 Å². The lowest BCUT2D eigenvalue weighted by Gasteiger charge is -2.13. The molecule has 0 atom stereocenters. The summed E-state index contributed by atoms with van der Waals surface area (Å²) >= 11 is 13.2. The highest BCUT2D eigenvalue weighted by molar-refractivity contribution is 7.99. The van der Waals surface area contributed by atoms with E-state index in [1.165, 1.54) is 16.3 Å². The van der Waals surface area contributed by atoms with Gasteiger partial charge in [0.25, 0.3) is 5.56 Å². The van der Waals surface area contributed by atoms with Crippen molar-refractivity contribution in [2.24, 2.45) is 0 Å². The number of thioether (sulfide) groups is 1. The first-order valence-corrected chi connectivity index (χ1v) is 12.8. The Bertz CT molecular complexity index is 1650. The monoisotopic (exact) mass is 538 g/mol. The zero-order valence-corrected chi connectivity index (χ0v) is 21.4. The SMILES string of the molecule is CCOc1ccc(-n2c(SCC(=O)Nc3ccc(Cl)c(Cl)c3)nc3c([nH]c4ccccc43)c2=O)cc1. The van der Waals surface area contributed by atoms with E-state index in [0.29, 0.717) is 50.0 Å². The molecule has 10 heteroatoms. The number of para-hydroxylation sites is 1. The molecule has 0 aliphatic rings. The summed E-state index contributed by atoms with van der Waals surface area (Å²) < 4.78 is 7.04. The van der Waals surface area contributed by atoms with E-state index < -0.39 is 0 Å². The molecule has 0 saturated heterocycles. The van der Waals surface area contributed by atoms with Crippen molar-refractivity contribution in [3.8, 4) is 11.4 Å². The number of carbonyl (C=O) groups is 1. The van der Waals surface area contributed by atoms with Crippen LogP contribution in [0.4, 0.5) is 5.69 Å². The second-order valence-corrected chi connectivity index (χ2v) is 9.58. The predicted octanol–water partition coefficient (Wildman–Crippen LogP) is 6.30. The van der Waals surface area contributed by atoms with E-state index in [1.807, 2.05) is 31.2 Å². The first-order valence-electron chi connectivity index (χ1n) is 11.1. The molecule has 0 bridgehead atoms. The van der Waals surface area contributed by atoms with Crippen LogP contribution in [0.3, 0.4) is 0 Å². The van der Waals surface area contributed by atoms with Crippen LogP contribution in [0.2, 0.25) is 10.0 Å². The van der Waals surface area contributed by atoms with Crippen LogP contribution < -0.4 is 15.6 Å². The molecule has 2 N–H and O–H groups in total. The van der Waals surface area contributed by atoms with Crippen molar-refractivity contribution in [1.82, 2.24) is 14.5 Å². The number of hydrogen-bond donors (Lipinski definition) is 2. The normalized spacial score (nSPS) is 11.2. The molecule has 2 aromatic heterocycles. The standard InChI is InChI=1S/C26H20Cl2N4O3S/c1-2-35-17-10-8-16(9-11-17)32-25(34)24-23(18-5-3-4-6-21(18)30-24)31-26(32)36-14-22(33)29-15-7-12-19(27)20(28)13-15/h3-13,30H,2,14H2,1H3,(H,29,33). The average Bonchev–Trinajstić information content (AvgIpc) is 3.25. The lowest BCUT2D eigenvalue weighted by molar-refractivity contribution is -0.113. The first-order chi connectivity index (χ1) is 17.4. The Kier molecular flexibility index (Phi) is 6.91. The summed E-state index contributed by atoms with van der Waals surface area (Å²) in [5.74, 6) is 0.450. The third-order valence-electron chi connectivity index (χ3n) is 5.44. The van der Waals surface area contributed by atoms with Crippen molar-refractivity contribution in [3.05, 3.63) is 87.1 Å². The van der Waals surface area contributed by atoms with Gasteiger partial charge in [-0.15, -0.1) is 0 Å². The molecule has 5 aromatic rings. The van der Waals surface area contributed by atoms with E-state index in [0.717, 1.165) is 10.9 Å². The highest BCUT2D eigenvalue weighted by atomic mass is 35.5. The molecule has 0 radical (unpaired) electrons. The molecule has 0 unspecified atom stereocenters. The number of fused-ring (bicyclic) bond motifs is 3. The third-order valence-corrected chi connectivity index (χ3v) is 7.11. The molecule has 36 heavy (non-hydrogen) atoms. The lowest BCUT2D eigenvalue weighted by atomic mass is 10.2. The predicted molar refractivity (Wildman–Crippen MR) is 146 cm³/mol. The number of halogens is 2. The fourth-order valence-corrected chi connectivity index (χ4v) is 4.93. The Labute approximate surface area is 220 Å². The van der Waals surface area contributed by atoms with Crippen LogP contribution in [0.5, 0.6) is 5.75 Å². The van der Waals surface area contributed by atoms with E-state index in [-0.39, 0.29) is 17.2 Å². The van der Waals surface area contributed by atoms with Gasteiger partial charge in [0, 0.05) is 16.6 Å². The number of aromatic nitrogens is 3. The number of nitrogens with one attached hydrogen (secondary N) is 2. The largest absolute Gasteiger partial charge is 0.494 e. The Morgan fingerprint density at radius 1 is 1.08 bits per heavy atom. The molecule has 0 fully saturated rings. The van der Waals surface area contributed by atoms with Crippen LogP contribution in [0.1, 0.15) is 6.92 Å². The van der Waals surface area contributed by atoms with Crippen molar-refractivity contribution < 1.29 is 9.53 Å². The number of H-pyrrole nitrogens is 1. The maximum atomic E-state index is 13.7. The van der Waals surface area contributed by atoms with Crippen LogP contribution in [0.15, 0.2) is 76.7 Å². The van der Waals surface area contributed by atoms with E-state index in [4.69, 9.17) is 32.9 Å². The smallest absolute Gasteiger partial charge is 0.283 e. The second-order valence-electron chi connectivity index (χ2n) is 7.82. The number of nitrogens with zero attached hydrogens (tertiary/aromatic N) is 2. The van der Waals surface area contributed by atoms with Gasteiger partial charge in [-0.05, 0) is 55.5 Å². The van der Waals surface area contributed by atoms with Crippen LogP contribution in [0, 0.1) is 0 Å². The summed E-state index contributed by atoms with van der Waals surface area (Å²) in [5, 5.41) is 4.78. The number of rotatable bonds is 7. The molecule has 0 aliphatic carbocycles. The van der Waals surface area contributed by atoms with E-state index in [2.05, 4.69) is 10.3 Å². The van der Waals surface area contributed by atoms with Crippen molar-refractivity contribution in [3.63, 3.8) is 0 Å². The van der Waals surface area contributed by atoms with Gasteiger partial charge in [-0.25, -0.2) is 4.98 Å². The van der Waals surface area contributed by atoms with E-state index >= 15 is 0 Å². The zero-order chi connectivity index (χ0) is 25.2. The van der Waals surface area contributed by atoms with Gasteiger partial charge in [0.2, 0.25) is 5.91 Å². The van der Waals surface area contributed by atoms with Crippen LogP contribution >= 0.6 is 35.0 Å². The topological polar surface area (TPSA) is 89.0 Å². The first kappa shape index (κ1) is 24.2. The number of hydrogen-bond acceptors (Lipinski definition) is 5. The molecule has 5 rings (SSSR count). The maximum absolute atomic E-state index is 13.7. The molecule has 1 amide bonds. The number of ether oxygens (including phenoxy) is 1. The third kappa shape index (κ3) is 4.80. The Hall–Kier alpha value is -3.46. The highest BCUT2D eigenvalue weighted by Gasteiger charge is 2.18. The van der Waals surface area contributed by atoms with Gasteiger partial charge in [-0.1, -0.05) is 53.2 Å². The number of anilines is 1. The lowest BCUT2D eigenvalue weighted by Crippen LogP contribution is -2.23. The maximum Gasteiger partial charge on any atom is 0.283 e. The van der Waals surface area contributed by atoms with E-state index in [1.54, 1.807) is 42.5 Å². The number of aromatic amines is 1. The van der Waals surface area contributed by atoms with Crippen LogP contribution in [-0.2, 0) is 4.79 Å². The minimum atomic E-state index is -0.273. The van der Waals surface area contributed by atoms with Gasteiger partial charge < -0.3 is 15.0 Å². The molecule has 7 nitrogen and oxygen atoms in total. The second kappa shape index (κ2) is 10.3. The summed E-state index contributed by atoms with van der Waals surface area (Å²) in [6.45, 7) is 2.45. The fourth-order valence-electron chi connectivity index (χ4n) is 3.83. The van der Waals surface area contributed by atoms with Crippen molar-refractivity contribution in [2.75, 3.05) is 17.7 Å². The number of amides is 1. The molecule has 0 aliphatic heterocycles. The Morgan fingerprint density at radius 2 is 1.86 bits per heavy atom. The van der Waals surface area contributed by atoms with Crippen LogP contribution in [0.25, 0.3) is 27.6 Å². The molecular formula is C26H20Cl2N4O3S.